The first-order valence-corrected chi connectivity index (χ1v) is 22.4. The van der Waals surface area contributed by atoms with Crippen LogP contribution in [0.4, 0.5) is 0 Å². The van der Waals surface area contributed by atoms with Gasteiger partial charge in [-0.3, -0.25) is 0 Å². The molecule has 0 spiro atoms. The lowest BCUT2D eigenvalue weighted by Gasteiger charge is -2.29. The van der Waals surface area contributed by atoms with Gasteiger partial charge in [-0.2, -0.15) is 0 Å². The van der Waals surface area contributed by atoms with Crippen LogP contribution in [0.25, 0.3) is 0 Å². The van der Waals surface area contributed by atoms with E-state index in [9.17, 15) is 19.8 Å². The Bertz CT molecular complexity index is 2050. The van der Waals surface area contributed by atoms with Crippen molar-refractivity contribution in [3.63, 3.8) is 0 Å². The number of benzene rings is 4. The normalized spacial score (nSPS) is 13.3. The summed E-state index contributed by atoms with van der Waals surface area (Å²) in [5.41, 5.74) is 10.2. The van der Waals surface area contributed by atoms with Gasteiger partial charge in [0.05, 0.1) is 13.2 Å². The summed E-state index contributed by atoms with van der Waals surface area (Å²) in [4.78, 5) is 24.6. The average Bonchev–Trinajstić information content (AvgIpc) is 3.16. The summed E-state index contributed by atoms with van der Waals surface area (Å²) in [6.07, 6.45) is 1.47. The van der Waals surface area contributed by atoms with E-state index in [1.165, 1.54) is 0 Å². The van der Waals surface area contributed by atoms with Crippen LogP contribution in [-0.2, 0) is 66.4 Å². The van der Waals surface area contributed by atoms with Gasteiger partial charge in [-0.05, 0) is 88.4 Å². The molecule has 0 saturated heterocycles. The number of carbonyl (C=O) groups is 2. The highest BCUT2D eigenvalue weighted by Crippen LogP contribution is 2.44. The fourth-order valence-electron chi connectivity index (χ4n) is 8.08. The SMILES string of the molecule is COCCOc1c2cc(C(C)(C)C)cc1Cc1cc(C(C)(C)C)cc(c1OCC(=O)O)Cc1cc(C(C)(C)C)cc(c1OCCOC)Cc1cc(C(C)(C)C)cc(c1OCC(=O)O)C2. The number of carboxylic acid groups (broad SMARTS) is 2. The lowest BCUT2D eigenvalue weighted by Crippen LogP contribution is -2.19. The Kier molecular flexibility index (Phi) is 15.6. The third-order valence-electron chi connectivity index (χ3n) is 11.7. The second-order valence-corrected chi connectivity index (χ2v) is 21.2. The smallest absolute Gasteiger partial charge is 0.341 e. The van der Waals surface area contributed by atoms with Gasteiger partial charge < -0.3 is 38.6 Å². The van der Waals surface area contributed by atoms with Crippen molar-refractivity contribution in [2.45, 2.75) is 130 Å². The first-order valence-electron chi connectivity index (χ1n) is 22.4. The third-order valence-corrected chi connectivity index (χ3v) is 11.7. The zero-order valence-electron chi connectivity index (χ0n) is 40.9. The van der Waals surface area contributed by atoms with Crippen molar-refractivity contribution < 1.29 is 48.2 Å². The van der Waals surface area contributed by atoms with E-state index in [2.05, 4.69) is 132 Å². The third kappa shape index (κ3) is 12.6. The largest absolute Gasteiger partial charge is 0.491 e. The molecule has 0 aliphatic heterocycles. The lowest BCUT2D eigenvalue weighted by molar-refractivity contribution is -0.140. The van der Waals surface area contributed by atoms with Gasteiger partial charge >= 0.3 is 11.9 Å². The van der Waals surface area contributed by atoms with Gasteiger partial charge in [-0.25, -0.2) is 9.59 Å². The minimum Gasteiger partial charge on any atom is -0.491 e. The number of aliphatic carboxylic acids is 2. The molecule has 0 unspecified atom stereocenters. The monoisotopic (exact) mass is 881 g/mol. The highest BCUT2D eigenvalue weighted by atomic mass is 16.5. The Morgan fingerprint density at radius 3 is 0.766 bits per heavy atom. The van der Waals surface area contributed by atoms with Gasteiger partial charge in [-0.1, -0.05) is 132 Å². The van der Waals surface area contributed by atoms with Crippen LogP contribution in [0.3, 0.4) is 0 Å². The summed E-state index contributed by atoms with van der Waals surface area (Å²) < 4.78 is 37.3. The van der Waals surface area contributed by atoms with E-state index in [0.717, 1.165) is 66.8 Å². The minimum absolute atomic E-state index is 0.274. The second kappa shape index (κ2) is 20.0. The number of fused-ring (bicyclic) bond motifs is 8. The van der Waals surface area contributed by atoms with E-state index in [1.807, 2.05) is 0 Å². The molecule has 1 aliphatic rings. The number of rotatable bonds is 14. The maximum absolute atomic E-state index is 12.3. The molecule has 4 aromatic carbocycles. The number of hydrogen-bond acceptors (Lipinski definition) is 8. The van der Waals surface area contributed by atoms with Crippen LogP contribution in [0.5, 0.6) is 23.0 Å². The highest BCUT2D eigenvalue weighted by Gasteiger charge is 2.30. The van der Waals surface area contributed by atoms with E-state index in [4.69, 9.17) is 28.4 Å². The quantitative estimate of drug-likeness (QED) is 0.104. The van der Waals surface area contributed by atoms with E-state index in [1.54, 1.807) is 14.2 Å². The molecular formula is C54H72O10. The minimum atomic E-state index is -1.07. The van der Waals surface area contributed by atoms with Crippen molar-refractivity contribution in [1.82, 2.24) is 0 Å². The second-order valence-electron chi connectivity index (χ2n) is 21.2. The number of methoxy groups -OCH3 is 2. The van der Waals surface area contributed by atoms with Crippen molar-refractivity contribution in [3.05, 3.63) is 115 Å². The molecule has 0 saturated carbocycles. The Morgan fingerprint density at radius 1 is 0.391 bits per heavy atom. The number of carboxylic acids is 2. The molecule has 0 heterocycles. The van der Waals surface area contributed by atoms with Crippen molar-refractivity contribution in [2.75, 3.05) is 53.9 Å². The molecule has 348 valence electrons. The molecule has 10 heteroatoms. The van der Waals surface area contributed by atoms with Crippen LogP contribution in [0.1, 0.15) is 150 Å². The van der Waals surface area contributed by atoms with Gasteiger partial charge in [0.1, 0.15) is 36.2 Å². The molecule has 5 rings (SSSR count). The topological polar surface area (TPSA) is 130 Å². The highest BCUT2D eigenvalue weighted by molar-refractivity contribution is 5.70. The van der Waals surface area contributed by atoms with Gasteiger partial charge in [0.15, 0.2) is 13.2 Å². The maximum Gasteiger partial charge on any atom is 0.341 e. The molecule has 0 radical (unpaired) electrons. The molecule has 0 fully saturated rings. The Labute approximate surface area is 381 Å². The Balaban J connectivity index is 2.03. The molecule has 0 amide bonds. The molecular weight excluding hydrogens is 809 g/mol. The summed E-state index contributed by atoms with van der Waals surface area (Å²) in [7, 11) is 3.28. The standard InChI is InChI=1S/C54H72O10/c1-51(2,3)41-23-33-19-37-27-43(53(7,8)9)29-39(49(37)63-31-45(55)56)21-35-25-42(52(4,5)6)26-36(48(35)62-18-16-60-14)22-40-30-44(54(10,11)12)28-38(50(40)64-32-46(57)58)20-34(24-41)47(33)61-17-15-59-13/h23-30H,15-22,31-32H2,1-14H3,(H,55,56)(H,57,58). The molecule has 64 heavy (non-hydrogen) atoms. The van der Waals surface area contributed by atoms with Gasteiger partial charge in [0, 0.05) is 39.9 Å². The molecule has 1 aliphatic carbocycles. The van der Waals surface area contributed by atoms with E-state index in [-0.39, 0.29) is 34.9 Å². The molecule has 8 bridgehead atoms. The van der Waals surface area contributed by atoms with Crippen LogP contribution in [0.2, 0.25) is 0 Å². The average molecular weight is 881 g/mol. The van der Waals surface area contributed by atoms with Crippen molar-refractivity contribution >= 4 is 11.9 Å². The number of hydrogen-bond donors (Lipinski definition) is 2. The molecule has 0 atom stereocenters. The van der Waals surface area contributed by atoms with Crippen LogP contribution in [0.15, 0.2) is 48.5 Å². The van der Waals surface area contributed by atoms with Crippen LogP contribution < -0.4 is 18.9 Å². The van der Waals surface area contributed by atoms with Crippen molar-refractivity contribution in [2.24, 2.45) is 0 Å². The van der Waals surface area contributed by atoms with Crippen LogP contribution >= 0.6 is 0 Å². The summed E-state index contributed by atoms with van der Waals surface area (Å²) in [5.74, 6) is 0.259. The molecule has 2 N–H and O–H groups in total. The maximum atomic E-state index is 12.3. The van der Waals surface area contributed by atoms with Crippen LogP contribution in [-0.4, -0.2) is 76.0 Å². The summed E-state index contributed by atoms with van der Waals surface area (Å²) in [5, 5.41) is 20.1. The van der Waals surface area contributed by atoms with Crippen LogP contribution in [0, 0.1) is 0 Å². The zero-order valence-corrected chi connectivity index (χ0v) is 40.9. The predicted octanol–water partition coefficient (Wildman–Crippen LogP) is 10.5. The van der Waals surface area contributed by atoms with E-state index >= 15 is 0 Å². The Morgan fingerprint density at radius 2 is 0.594 bits per heavy atom. The fourth-order valence-corrected chi connectivity index (χ4v) is 8.08. The fraction of sp³-hybridized carbons (Fsp3) is 0.519. The zero-order chi connectivity index (χ0) is 47.4. The van der Waals surface area contributed by atoms with Gasteiger partial charge in [0.2, 0.25) is 0 Å². The summed E-state index contributed by atoms with van der Waals surface area (Å²) in [6.45, 7) is 26.4. The summed E-state index contributed by atoms with van der Waals surface area (Å²) in [6, 6.07) is 17.4. The molecule has 4 aromatic rings. The first kappa shape index (κ1) is 49.9. The first-order chi connectivity index (χ1) is 29.8. The predicted molar refractivity (Wildman–Crippen MR) is 253 cm³/mol. The molecule has 10 nitrogen and oxygen atoms in total. The van der Waals surface area contributed by atoms with Crippen molar-refractivity contribution in [1.29, 1.82) is 0 Å². The lowest BCUT2D eigenvalue weighted by atomic mass is 9.79. The molecule has 0 aromatic heterocycles. The number of ether oxygens (including phenoxy) is 6. The van der Waals surface area contributed by atoms with E-state index < -0.39 is 25.2 Å². The van der Waals surface area contributed by atoms with E-state index in [0.29, 0.717) is 61.9 Å². The van der Waals surface area contributed by atoms with Gasteiger partial charge in [0.25, 0.3) is 0 Å². The van der Waals surface area contributed by atoms with Crippen molar-refractivity contribution in [3.8, 4) is 23.0 Å². The summed E-state index contributed by atoms with van der Waals surface area (Å²) >= 11 is 0. The Hall–Kier alpha value is -5.06. The van der Waals surface area contributed by atoms with Gasteiger partial charge in [-0.15, -0.1) is 0 Å².